The molecule has 1 N–H and O–H groups in total. The molecule has 0 aliphatic carbocycles. The predicted octanol–water partition coefficient (Wildman–Crippen LogP) is 3.03. The van der Waals surface area contributed by atoms with E-state index in [2.05, 4.69) is 22.3 Å². The van der Waals surface area contributed by atoms with Crippen LogP contribution in [0.25, 0.3) is 5.70 Å². The van der Waals surface area contributed by atoms with Gasteiger partial charge in [-0.2, -0.15) is 0 Å². The summed E-state index contributed by atoms with van der Waals surface area (Å²) in [5, 5.41) is 21.8. The number of para-hydroxylation sites is 1. The number of carbonyl (C=O) groups excluding carboxylic acids is 1. The van der Waals surface area contributed by atoms with E-state index in [1.54, 1.807) is 6.07 Å². The third-order valence-corrected chi connectivity index (χ3v) is 6.00. The van der Waals surface area contributed by atoms with E-state index in [1.165, 1.54) is 48.2 Å². The van der Waals surface area contributed by atoms with E-state index in [-0.39, 0.29) is 17.6 Å². The van der Waals surface area contributed by atoms with Gasteiger partial charge in [0.2, 0.25) is 6.17 Å². The van der Waals surface area contributed by atoms with Crippen molar-refractivity contribution in [3.63, 3.8) is 0 Å². The van der Waals surface area contributed by atoms with Crippen LogP contribution < -0.4 is 15.9 Å². The predicted molar refractivity (Wildman–Crippen MR) is 117 cm³/mol. The average Bonchev–Trinajstić information content (AvgIpc) is 3.26. The molecule has 4 rings (SSSR count). The number of amidine groups is 1. The van der Waals surface area contributed by atoms with Crippen molar-refractivity contribution in [3.05, 3.63) is 62.8 Å². The molecule has 1 aromatic carbocycles. The molecule has 162 valence electrons. The highest BCUT2D eigenvalue weighted by Crippen LogP contribution is 2.33. The van der Waals surface area contributed by atoms with E-state index in [0.717, 1.165) is 18.6 Å². The van der Waals surface area contributed by atoms with Crippen LogP contribution in [-0.4, -0.2) is 26.8 Å². The number of nitrogens with one attached hydrogen (secondary N) is 1. The highest BCUT2D eigenvalue weighted by Gasteiger charge is 2.36. The summed E-state index contributed by atoms with van der Waals surface area (Å²) in [6, 6.07) is 10.0. The quantitative estimate of drug-likeness (QED) is 0.383. The van der Waals surface area contributed by atoms with Crippen LogP contribution in [0.2, 0.25) is 0 Å². The fraction of sp³-hybridized carbons (Fsp3) is 0.381. The first-order valence-corrected chi connectivity index (χ1v) is 11.3. The minimum atomic E-state index is -0.801. The number of nitrogens with zero attached hydrogens (tertiary/aromatic N) is 4. The van der Waals surface area contributed by atoms with Crippen LogP contribution in [0.3, 0.4) is 0 Å². The number of fused-ring (bicyclic) bond motifs is 2. The summed E-state index contributed by atoms with van der Waals surface area (Å²) in [6.07, 6.45) is 5.01. The second-order valence-electron chi connectivity index (χ2n) is 7.27. The molecule has 1 atom stereocenters. The third kappa shape index (κ3) is 4.48. The first-order chi connectivity index (χ1) is 15.1. The van der Waals surface area contributed by atoms with Crippen LogP contribution in [0.1, 0.15) is 51.0 Å². The van der Waals surface area contributed by atoms with Gasteiger partial charge in [-0.25, -0.2) is 10.0 Å². The largest absolute Gasteiger partial charge is 0.433 e. The lowest BCUT2D eigenvalue weighted by atomic mass is 10.1. The molecule has 31 heavy (non-hydrogen) atoms. The number of rotatable bonds is 8. The molecular weight excluding hydrogens is 418 g/mol. The normalized spacial score (nSPS) is 17.4. The van der Waals surface area contributed by atoms with Crippen molar-refractivity contribution in [3.8, 4) is 0 Å². The van der Waals surface area contributed by atoms with Crippen LogP contribution in [0.5, 0.6) is 0 Å². The van der Waals surface area contributed by atoms with Crippen molar-refractivity contribution in [2.75, 3.05) is 5.75 Å². The maximum atomic E-state index is 13.0. The third-order valence-electron chi connectivity index (χ3n) is 5.05. The molecular formula is C21H23N5O4S. The minimum absolute atomic E-state index is 0.251. The van der Waals surface area contributed by atoms with Crippen molar-refractivity contribution >= 4 is 34.4 Å². The summed E-state index contributed by atoms with van der Waals surface area (Å²) >= 11 is 1.49. The Balaban J connectivity index is 1.64. The van der Waals surface area contributed by atoms with Gasteiger partial charge in [0, 0.05) is 11.0 Å². The van der Waals surface area contributed by atoms with Crippen molar-refractivity contribution in [1.82, 2.24) is 10.3 Å². The fourth-order valence-corrected chi connectivity index (χ4v) is 4.38. The number of benzene rings is 1. The smallest absolute Gasteiger partial charge is 0.401 e. The first-order valence-electron chi connectivity index (χ1n) is 10.3. The summed E-state index contributed by atoms with van der Waals surface area (Å²) in [4.78, 5) is 28.1. The lowest BCUT2D eigenvalue weighted by molar-refractivity contribution is -0.402. The highest BCUT2D eigenvalue weighted by atomic mass is 32.2. The molecule has 0 radical (unpaired) electrons. The second-order valence-corrected chi connectivity index (χ2v) is 8.35. The molecule has 1 amide bonds. The Morgan fingerprint density at radius 3 is 2.77 bits per heavy atom. The van der Waals surface area contributed by atoms with Gasteiger partial charge < -0.3 is 4.42 Å². The zero-order valence-electron chi connectivity index (χ0n) is 17.1. The summed E-state index contributed by atoms with van der Waals surface area (Å²) in [7, 11) is 0. The summed E-state index contributed by atoms with van der Waals surface area (Å²) in [5.41, 5.74) is 0.349. The zero-order chi connectivity index (χ0) is 21.8. The number of thioether (sulfide) groups is 1. The number of unbranched alkanes of at least 4 members (excludes halogenated alkanes) is 4. The van der Waals surface area contributed by atoms with Gasteiger partial charge in [-0.3, -0.25) is 20.2 Å². The Labute approximate surface area is 183 Å². The minimum Gasteiger partial charge on any atom is -0.401 e. The summed E-state index contributed by atoms with van der Waals surface area (Å²) < 4.78 is 5.40. The molecule has 9 nitrogen and oxygen atoms in total. The number of carbonyl (C=O) groups is 1. The van der Waals surface area contributed by atoms with E-state index < -0.39 is 11.1 Å². The van der Waals surface area contributed by atoms with Gasteiger partial charge in [-0.05, 0) is 18.6 Å². The molecule has 1 unspecified atom stereocenters. The Morgan fingerprint density at radius 2 is 2.00 bits per heavy atom. The molecule has 0 bridgehead atoms. The van der Waals surface area contributed by atoms with Gasteiger partial charge in [0.25, 0.3) is 5.91 Å². The Kier molecular flexibility index (Phi) is 6.36. The van der Waals surface area contributed by atoms with Gasteiger partial charge in [-0.1, -0.05) is 62.6 Å². The van der Waals surface area contributed by atoms with Crippen LogP contribution in [0.4, 0.5) is 5.88 Å². The molecule has 2 aliphatic rings. The van der Waals surface area contributed by atoms with Crippen molar-refractivity contribution < 1.29 is 14.1 Å². The van der Waals surface area contributed by atoms with Crippen LogP contribution >= 0.6 is 11.8 Å². The Morgan fingerprint density at radius 1 is 1.19 bits per heavy atom. The van der Waals surface area contributed by atoms with Gasteiger partial charge in [0.15, 0.2) is 10.9 Å². The van der Waals surface area contributed by atoms with Crippen molar-refractivity contribution in [1.29, 1.82) is 0 Å². The maximum Gasteiger partial charge on any atom is 0.433 e. The van der Waals surface area contributed by atoms with E-state index >= 15 is 0 Å². The van der Waals surface area contributed by atoms with E-state index in [4.69, 9.17) is 4.42 Å². The van der Waals surface area contributed by atoms with Gasteiger partial charge in [0.05, 0.1) is 11.4 Å². The molecule has 1 aromatic heterocycles. The Bertz CT molecular complexity index is 1140. The Hall–Kier alpha value is -3.14. The number of amides is 1. The molecule has 2 aliphatic heterocycles. The fourth-order valence-electron chi connectivity index (χ4n) is 3.53. The van der Waals surface area contributed by atoms with Crippen molar-refractivity contribution in [2.24, 2.45) is 10.1 Å². The maximum absolute atomic E-state index is 13.0. The molecule has 3 heterocycles. The number of hydrogen-bond acceptors (Lipinski definition) is 8. The lowest BCUT2D eigenvalue weighted by Gasteiger charge is -2.32. The van der Waals surface area contributed by atoms with E-state index in [9.17, 15) is 14.9 Å². The van der Waals surface area contributed by atoms with E-state index in [0.29, 0.717) is 21.4 Å². The molecule has 10 heteroatoms. The monoisotopic (exact) mass is 441 g/mol. The van der Waals surface area contributed by atoms with E-state index in [1.807, 2.05) is 18.2 Å². The molecule has 0 spiro atoms. The molecule has 0 fully saturated rings. The van der Waals surface area contributed by atoms with Crippen LogP contribution in [-0.2, 0) is 4.79 Å². The first kappa shape index (κ1) is 21.1. The standard InChI is InChI=1S/C21H23N5O4S/c1-2-3-4-5-8-13-31-21-23-20(27)18-14-9-6-7-10-15(14)22-19(25(18)24-21)16-11-12-17(30-16)26(28)29/h6-7,9-12,19H,2-5,8,13H2,1H3,(H,23,24,27). The lowest BCUT2D eigenvalue weighted by Crippen LogP contribution is -2.50. The number of furan rings is 1. The van der Waals surface area contributed by atoms with Gasteiger partial charge >= 0.3 is 5.88 Å². The molecule has 0 saturated heterocycles. The zero-order valence-corrected chi connectivity index (χ0v) is 17.9. The summed E-state index contributed by atoms with van der Waals surface area (Å²) in [6.45, 7) is 2.18. The van der Waals surface area contributed by atoms with Gasteiger partial charge in [0.1, 0.15) is 10.6 Å². The molecule has 2 aromatic rings. The SMILES string of the molecule is CCCCCCCSC1=NN2C(=c3ccccc3=NC2c2ccc([N+](=O)[O-])o2)C(=O)N1. The second kappa shape index (κ2) is 9.34. The average molecular weight is 442 g/mol. The number of hydrogen-bond donors (Lipinski definition) is 1. The molecule has 0 saturated carbocycles. The van der Waals surface area contributed by atoms with Crippen molar-refractivity contribution in [2.45, 2.75) is 45.2 Å². The highest BCUT2D eigenvalue weighted by molar-refractivity contribution is 8.13. The van der Waals surface area contributed by atoms with Crippen LogP contribution in [0.15, 0.2) is 50.9 Å². The number of hydrazone groups is 1. The summed E-state index contributed by atoms with van der Waals surface area (Å²) in [5.74, 6) is 0.437. The number of nitro groups is 1. The van der Waals surface area contributed by atoms with Gasteiger partial charge in [-0.15, -0.1) is 5.10 Å². The topological polar surface area (TPSA) is 113 Å². The van der Waals surface area contributed by atoms with Crippen LogP contribution in [0, 0.1) is 10.1 Å².